The number of nitrogens with two attached hydrogens (primary N) is 1. The van der Waals surface area contributed by atoms with Gasteiger partial charge < -0.3 is 5.73 Å². The molecule has 0 aromatic heterocycles. The molecule has 1 aliphatic rings. The molecule has 0 radical (unpaired) electrons. The van der Waals surface area contributed by atoms with Crippen molar-refractivity contribution < 1.29 is 0 Å². The van der Waals surface area contributed by atoms with Gasteiger partial charge in [-0.15, -0.1) is 12.4 Å². The molecule has 1 aromatic carbocycles. The van der Waals surface area contributed by atoms with E-state index in [0.717, 1.165) is 8.95 Å². The second-order valence-electron chi connectivity index (χ2n) is 4.27. The fourth-order valence-electron chi connectivity index (χ4n) is 2.36. The van der Waals surface area contributed by atoms with Crippen LogP contribution in [0.15, 0.2) is 27.1 Å². The van der Waals surface area contributed by atoms with Crippen LogP contribution in [0.25, 0.3) is 0 Å². The Kier molecular flexibility index (Phi) is 5.78. The van der Waals surface area contributed by atoms with Gasteiger partial charge in [-0.3, -0.25) is 0 Å². The van der Waals surface area contributed by atoms with E-state index in [1.165, 1.54) is 31.2 Å². The summed E-state index contributed by atoms with van der Waals surface area (Å²) in [6.45, 7) is 0. The summed E-state index contributed by atoms with van der Waals surface area (Å²) >= 11 is 7.01. The molecule has 2 rings (SSSR count). The lowest BCUT2D eigenvalue weighted by Crippen LogP contribution is -2.19. The number of benzene rings is 1. The second-order valence-corrected chi connectivity index (χ2v) is 6.10. The molecular formula is C12H16Br2ClN. The summed E-state index contributed by atoms with van der Waals surface area (Å²) in [5.74, 6) is 0.672. The Bertz CT molecular complexity index is 331. The van der Waals surface area contributed by atoms with Crippen molar-refractivity contribution in [1.29, 1.82) is 0 Å². The lowest BCUT2D eigenvalue weighted by molar-refractivity contribution is 0.444. The van der Waals surface area contributed by atoms with E-state index in [-0.39, 0.29) is 18.4 Å². The standard InChI is InChI=1S/C12H15Br2N.ClH/c13-10-5-9(6-11(14)7-10)12(15)8-3-1-2-4-8;/h5-8,12H,1-4,15H2;1H/t12-;/m0./s1. The summed E-state index contributed by atoms with van der Waals surface area (Å²) in [7, 11) is 0. The van der Waals surface area contributed by atoms with E-state index in [4.69, 9.17) is 5.73 Å². The highest BCUT2D eigenvalue weighted by Gasteiger charge is 2.23. The molecule has 1 aliphatic carbocycles. The molecule has 0 amide bonds. The molecular weight excluding hydrogens is 353 g/mol. The van der Waals surface area contributed by atoms with Gasteiger partial charge >= 0.3 is 0 Å². The summed E-state index contributed by atoms with van der Waals surface area (Å²) in [5, 5.41) is 0. The van der Waals surface area contributed by atoms with Gasteiger partial charge in [0.05, 0.1) is 0 Å². The molecule has 1 saturated carbocycles. The fraction of sp³-hybridized carbons (Fsp3) is 0.500. The van der Waals surface area contributed by atoms with E-state index in [1.54, 1.807) is 0 Å². The van der Waals surface area contributed by atoms with E-state index < -0.39 is 0 Å². The van der Waals surface area contributed by atoms with Gasteiger partial charge in [-0.25, -0.2) is 0 Å². The summed E-state index contributed by atoms with van der Waals surface area (Å²) in [4.78, 5) is 0. The number of hydrogen-bond donors (Lipinski definition) is 1. The molecule has 0 bridgehead atoms. The van der Waals surface area contributed by atoms with Crippen LogP contribution >= 0.6 is 44.3 Å². The van der Waals surface area contributed by atoms with E-state index >= 15 is 0 Å². The maximum Gasteiger partial charge on any atom is 0.0324 e. The molecule has 0 unspecified atom stereocenters. The van der Waals surface area contributed by atoms with Crippen LogP contribution < -0.4 is 5.73 Å². The number of rotatable bonds is 2. The number of halogens is 3. The highest BCUT2D eigenvalue weighted by molar-refractivity contribution is 9.11. The van der Waals surface area contributed by atoms with Crippen LogP contribution in [0.3, 0.4) is 0 Å². The molecule has 1 aromatic rings. The first-order chi connectivity index (χ1) is 7.16. The summed E-state index contributed by atoms with van der Waals surface area (Å²) in [6.07, 6.45) is 5.25. The Labute approximate surface area is 120 Å². The predicted octanol–water partition coefficient (Wildman–Crippen LogP) is 4.82. The molecule has 90 valence electrons. The SMILES string of the molecule is Cl.N[C@H](c1cc(Br)cc(Br)c1)C1CCCC1. The van der Waals surface area contributed by atoms with Crippen LogP contribution in [0.4, 0.5) is 0 Å². The fourth-order valence-corrected chi connectivity index (χ4v) is 3.69. The molecule has 0 heterocycles. The Morgan fingerprint density at radius 2 is 1.56 bits per heavy atom. The largest absolute Gasteiger partial charge is 0.324 e. The molecule has 0 aliphatic heterocycles. The van der Waals surface area contributed by atoms with E-state index in [2.05, 4.69) is 44.0 Å². The summed E-state index contributed by atoms with van der Waals surface area (Å²) in [6, 6.07) is 6.51. The molecule has 2 N–H and O–H groups in total. The zero-order valence-electron chi connectivity index (χ0n) is 8.96. The second kappa shape index (κ2) is 6.39. The Balaban J connectivity index is 0.00000128. The molecule has 16 heavy (non-hydrogen) atoms. The van der Waals surface area contributed by atoms with Gasteiger partial charge in [0.1, 0.15) is 0 Å². The first-order valence-electron chi connectivity index (χ1n) is 5.38. The number of hydrogen-bond acceptors (Lipinski definition) is 1. The quantitative estimate of drug-likeness (QED) is 0.794. The molecule has 0 spiro atoms. The van der Waals surface area contributed by atoms with Gasteiger partial charge in [0.2, 0.25) is 0 Å². The molecule has 1 nitrogen and oxygen atoms in total. The van der Waals surface area contributed by atoms with Crippen LogP contribution in [0.2, 0.25) is 0 Å². The molecule has 4 heteroatoms. The molecule has 0 saturated heterocycles. The highest BCUT2D eigenvalue weighted by Crippen LogP contribution is 2.35. The van der Waals surface area contributed by atoms with Crippen molar-refractivity contribution in [2.45, 2.75) is 31.7 Å². The first-order valence-corrected chi connectivity index (χ1v) is 6.97. The first kappa shape index (κ1) is 14.5. The zero-order valence-corrected chi connectivity index (χ0v) is 12.9. The van der Waals surface area contributed by atoms with Crippen molar-refractivity contribution in [3.8, 4) is 0 Å². The molecule has 1 atom stereocenters. The third-order valence-corrected chi connectivity index (χ3v) is 4.09. The molecule has 1 fully saturated rings. The van der Waals surface area contributed by atoms with Gasteiger partial charge in [0, 0.05) is 15.0 Å². The lowest BCUT2D eigenvalue weighted by atomic mass is 9.93. The van der Waals surface area contributed by atoms with Gasteiger partial charge in [-0.2, -0.15) is 0 Å². The van der Waals surface area contributed by atoms with Crippen LogP contribution in [0, 0.1) is 5.92 Å². The van der Waals surface area contributed by atoms with Crippen LogP contribution in [0.1, 0.15) is 37.3 Å². The van der Waals surface area contributed by atoms with Gasteiger partial charge in [0.15, 0.2) is 0 Å². The van der Waals surface area contributed by atoms with Crippen molar-refractivity contribution in [3.05, 3.63) is 32.7 Å². The van der Waals surface area contributed by atoms with Crippen molar-refractivity contribution in [3.63, 3.8) is 0 Å². The maximum absolute atomic E-state index is 6.30. The van der Waals surface area contributed by atoms with E-state index in [1.807, 2.05) is 6.07 Å². The average molecular weight is 370 g/mol. The monoisotopic (exact) mass is 367 g/mol. The minimum atomic E-state index is 0. The lowest BCUT2D eigenvalue weighted by Gasteiger charge is -2.19. The Morgan fingerprint density at radius 1 is 1.06 bits per heavy atom. The van der Waals surface area contributed by atoms with Crippen LogP contribution in [0.5, 0.6) is 0 Å². The van der Waals surface area contributed by atoms with Crippen LogP contribution in [-0.2, 0) is 0 Å². The van der Waals surface area contributed by atoms with Crippen molar-refractivity contribution in [2.24, 2.45) is 11.7 Å². The summed E-state index contributed by atoms with van der Waals surface area (Å²) in [5.41, 5.74) is 7.54. The topological polar surface area (TPSA) is 26.0 Å². The van der Waals surface area contributed by atoms with Gasteiger partial charge in [-0.1, -0.05) is 44.7 Å². The van der Waals surface area contributed by atoms with Crippen molar-refractivity contribution >= 4 is 44.3 Å². The highest BCUT2D eigenvalue weighted by atomic mass is 79.9. The Hall–Kier alpha value is 0.430. The van der Waals surface area contributed by atoms with Gasteiger partial charge in [0.25, 0.3) is 0 Å². The average Bonchev–Trinajstić information content (AvgIpc) is 2.67. The minimum absolute atomic E-state index is 0. The van der Waals surface area contributed by atoms with Crippen LogP contribution in [-0.4, -0.2) is 0 Å². The minimum Gasteiger partial charge on any atom is -0.324 e. The van der Waals surface area contributed by atoms with Gasteiger partial charge in [-0.05, 0) is 42.5 Å². The third-order valence-electron chi connectivity index (χ3n) is 3.18. The maximum atomic E-state index is 6.30. The van der Waals surface area contributed by atoms with Crippen molar-refractivity contribution in [2.75, 3.05) is 0 Å². The van der Waals surface area contributed by atoms with E-state index in [0.29, 0.717) is 5.92 Å². The smallest absolute Gasteiger partial charge is 0.0324 e. The van der Waals surface area contributed by atoms with E-state index in [9.17, 15) is 0 Å². The summed E-state index contributed by atoms with van der Waals surface area (Å²) < 4.78 is 2.20. The van der Waals surface area contributed by atoms with Crippen molar-refractivity contribution in [1.82, 2.24) is 0 Å². The normalized spacial score (nSPS) is 18.2. The zero-order chi connectivity index (χ0) is 10.8. The third kappa shape index (κ3) is 3.46. The predicted molar refractivity (Wildman–Crippen MR) is 78.0 cm³/mol. The Morgan fingerprint density at radius 3 is 2.06 bits per heavy atom.